The fourth-order valence-electron chi connectivity index (χ4n) is 8.38. The standard InChI is InChI=1S/C52H71N13O14S2.C2H4O2/c1-25(2)15-35-46(72)62-39(52(78)79)23-81-80-22-33(53)44(70)63-43(28(5)68)51(77)65-42(27(4)67)50(76)61-38(18-31-20-54-24-57-31)47(73)59-37(17-30-19-55-34-14-10-9-13-32(30)34)45(71)56-21-40(69)58-36(16-29-11-7-6-8-12-29)48(74)64-41(26(3)66)49(75)60-35;1-2(3)4/h6-14,19-20,24-28,33,35-39,41-43,55,66-68H,15-18,21-23,53H2,1-5H3,(H,54,57)(H,56,71)(H,58,69)(H,59,73)(H,60,75)(H,61,76)(H,62,72)(H,63,70)(H,64,74)(H,65,77)(H,78,79);1H3,(H,3,4). The molecule has 12 atom stereocenters. The molecule has 4 aromatic rings. The van der Waals surface area contributed by atoms with Gasteiger partial charge in [-0.05, 0) is 50.3 Å². The van der Waals surface area contributed by atoms with Crippen molar-refractivity contribution >= 4 is 97.6 Å². The van der Waals surface area contributed by atoms with E-state index in [0.717, 1.165) is 42.4 Å². The summed E-state index contributed by atoms with van der Waals surface area (Å²) in [5, 5.41) is 72.8. The lowest BCUT2D eigenvalue weighted by Crippen LogP contribution is -2.63. The number of imidazole rings is 1. The molecule has 1 saturated heterocycles. The van der Waals surface area contributed by atoms with Gasteiger partial charge in [0.05, 0.1) is 37.2 Å². The maximum Gasteiger partial charge on any atom is 0.327 e. The SMILES string of the molecule is CC(=O)O.CC(C)CC1NC(=O)C(C(C)O)NC(=O)C(Cc2ccccc2)NC(=O)CNC(=O)C(Cc2c[nH]c3ccccc23)NC(=O)C(Cc2cnc[nH]2)NC(=O)C(C(C)O)NC(=O)C(C(C)O)NC(=O)C(N)CSSCC(C(=O)O)NC1=O. The third-order valence-electron chi connectivity index (χ3n) is 12.7. The van der Waals surface area contributed by atoms with E-state index in [0.29, 0.717) is 27.7 Å². The van der Waals surface area contributed by atoms with Crippen LogP contribution in [0.1, 0.15) is 64.8 Å². The molecule has 9 amide bonds. The Balaban J connectivity index is 0.00000375. The number of aliphatic hydroxyl groups excluding tert-OH is 3. The number of carbonyl (C=O) groups excluding carboxylic acids is 9. The van der Waals surface area contributed by atoms with Gasteiger partial charge < -0.3 is 89.1 Å². The van der Waals surface area contributed by atoms with Gasteiger partial charge in [0.1, 0.15) is 48.3 Å². The van der Waals surface area contributed by atoms with Gasteiger partial charge in [0.25, 0.3) is 5.97 Å². The van der Waals surface area contributed by atoms with E-state index in [4.69, 9.17) is 15.6 Å². The Labute approximate surface area is 496 Å². The second kappa shape index (κ2) is 34.0. The first-order valence-electron chi connectivity index (χ1n) is 26.9. The number of fused-ring (bicyclic) bond motifs is 1. The van der Waals surface area contributed by atoms with Crippen LogP contribution in [-0.4, -0.2) is 196 Å². The summed E-state index contributed by atoms with van der Waals surface area (Å²) in [5.74, 6) is -11.9. The number of H-pyrrole nitrogens is 2. The molecule has 85 heavy (non-hydrogen) atoms. The number of nitrogens with zero attached hydrogens (tertiary/aromatic N) is 1. The molecule has 12 unspecified atom stereocenters. The normalized spacial score (nSPS) is 24.7. The van der Waals surface area contributed by atoms with Crippen LogP contribution in [-0.2, 0) is 72.0 Å². The number of nitrogens with one attached hydrogen (secondary N) is 11. The van der Waals surface area contributed by atoms with Gasteiger partial charge in [-0.2, -0.15) is 0 Å². The summed E-state index contributed by atoms with van der Waals surface area (Å²) in [4.78, 5) is 157. The number of amides is 9. The third-order valence-corrected chi connectivity index (χ3v) is 15.2. The molecule has 1 fully saturated rings. The van der Waals surface area contributed by atoms with E-state index in [9.17, 15) is 68.4 Å². The van der Waals surface area contributed by atoms with Crippen LogP contribution in [0.25, 0.3) is 10.9 Å². The van der Waals surface area contributed by atoms with Crippen molar-refractivity contribution in [3.05, 3.63) is 90.1 Å². The van der Waals surface area contributed by atoms with E-state index in [1.807, 2.05) is 0 Å². The number of aliphatic carboxylic acids is 2. The number of aromatic nitrogens is 3. The van der Waals surface area contributed by atoms with E-state index in [2.05, 4.69) is 62.8 Å². The Bertz CT molecular complexity index is 2930. The first-order valence-corrected chi connectivity index (χ1v) is 29.4. The summed E-state index contributed by atoms with van der Waals surface area (Å²) < 4.78 is 0. The first kappa shape index (κ1) is 69.4. The quantitative estimate of drug-likeness (QED) is 0.0629. The van der Waals surface area contributed by atoms with Crippen molar-refractivity contribution in [3.63, 3.8) is 0 Å². The van der Waals surface area contributed by atoms with Crippen molar-refractivity contribution in [1.82, 2.24) is 62.8 Å². The number of benzene rings is 2. The highest BCUT2D eigenvalue weighted by Gasteiger charge is 2.38. The number of nitrogens with two attached hydrogens (primary N) is 1. The van der Waals surface area contributed by atoms with Crippen molar-refractivity contribution in [2.24, 2.45) is 11.7 Å². The molecule has 29 nitrogen and oxygen atoms in total. The first-order chi connectivity index (χ1) is 40.1. The molecule has 2 aromatic heterocycles. The van der Waals surface area contributed by atoms with Crippen LogP contribution in [0.5, 0.6) is 0 Å². The van der Waals surface area contributed by atoms with Crippen LogP contribution >= 0.6 is 21.6 Å². The number of hydrogen-bond donors (Lipinski definition) is 17. The molecular formula is C54H75N13O16S2. The number of carboxylic acid groups (broad SMARTS) is 2. The van der Waals surface area contributed by atoms with Gasteiger partial charge in [-0.1, -0.05) is 84.0 Å². The zero-order valence-electron chi connectivity index (χ0n) is 47.5. The molecular weight excluding hydrogens is 1150 g/mol. The number of aliphatic hydroxyl groups is 3. The van der Waals surface area contributed by atoms with Crippen LogP contribution in [0, 0.1) is 5.92 Å². The molecule has 2 aromatic carbocycles. The van der Waals surface area contributed by atoms with Gasteiger partial charge in [-0.25, -0.2) is 9.78 Å². The van der Waals surface area contributed by atoms with Gasteiger partial charge >= 0.3 is 5.97 Å². The second-order valence-electron chi connectivity index (χ2n) is 20.5. The lowest BCUT2D eigenvalue weighted by molar-refractivity contribution is -0.142. The van der Waals surface area contributed by atoms with Crippen molar-refractivity contribution < 1.29 is 78.3 Å². The Kier molecular flexibility index (Phi) is 27.8. The predicted molar refractivity (Wildman–Crippen MR) is 311 cm³/mol. The number of carboxylic acids is 2. The van der Waals surface area contributed by atoms with Gasteiger partial charge in [-0.15, -0.1) is 0 Å². The van der Waals surface area contributed by atoms with Gasteiger partial charge in [-0.3, -0.25) is 47.9 Å². The van der Waals surface area contributed by atoms with E-state index < -0.39 is 144 Å². The molecule has 31 heteroatoms. The molecule has 3 heterocycles. The molecule has 5 rings (SSSR count). The largest absolute Gasteiger partial charge is 0.481 e. The second-order valence-corrected chi connectivity index (χ2v) is 23.0. The fourth-order valence-corrected chi connectivity index (χ4v) is 10.7. The maximum absolute atomic E-state index is 14.5. The van der Waals surface area contributed by atoms with Crippen LogP contribution in [0.2, 0.25) is 0 Å². The molecule has 0 bridgehead atoms. The number of carbonyl (C=O) groups is 11. The summed E-state index contributed by atoms with van der Waals surface area (Å²) in [6.45, 7) is 7.30. The predicted octanol–water partition coefficient (Wildman–Crippen LogP) is -3.00. The highest BCUT2D eigenvalue weighted by Crippen LogP contribution is 2.24. The molecule has 18 N–H and O–H groups in total. The fraction of sp³-hybridized carbons (Fsp3) is 0.481. The molecule has 1 aliphatic heterocycles. The lowest BCUT2D eigenvalue weighted by atomic mass is 10.0. The topological polar surface area (TPSA) is 468 Å². The summed E-state index contributed by atoms with van der Waals surface area (Å²) in [6, 6.07) is 1.42. The van der Waals surface area contributed by atoms with Gasteiger partial charge in [0.2, 0.25) is 53.2 Å². The number of para-hydroxylation sites is 1. The zero-order chi connectivity index (χ0) is 63.1. The molecule has 0 aliphatic carbocycles. The maximum atomic E-state index is 14.5. The van der Waals surface area contributed by atoms with Gasteiger partial charge in [0.15, 0.2) is 0 Å². The van der Waals surface area contributed by atoms with E-state index >= 15 is 0 Å². The Morgan fingerprint density at radius 1 is 0.588 bits per heavy atom. The van der Waals surface area contributed by atoms with Crippen LogP contribution in [0.3, 0.4) is 0 Å². The highest BCUT2D eigenvalue weighted by molar-refractivity contribution is 8.76. The molecule has 0 spiro atoms. The minimum absolute atomic E-state index is 0.0227. The molecule has 464 valence electrons. The molecule has 1 aliphatic rings. The number of hydrogen-bond acceptors (Lipinski definition) is 18. The highest BCUT2D eigenvalue weighted by atomic mass is 33.1. The average Bonchev–Trinajstić information content (AvgIpc) is 4.37. The summed E-state index contributed by atoms with van der Waals surface area (Å²) >= 11 is 0. The van der Waals surface area contributed by atoms with Crippen molar-refractivity contribution in [2.75, 3.05) is 18.1 Å². The molecule has 0 saturated carbocycles. The van der Waals surface area contributed by atoms with E-state index in [1.165, 1.54) is 19.4 Å². The average molecular weight is 1230 g/mol. The smallest absolute Gasteiger partial charge is 0.327 e. The minimum atomic E-state index is -1.82. The van der Waals surface area contributed by atoms with Crippen molar-refractivity contribution in [2.45, 2.75) is 140 Å². The van der Waals surface area contributed by atoms with E-state index in [1.54, 1.807) is 74.6 Å². The van der Waals surface area contributed by atoms with Crippen molar-refractivity contribution in [3.8, 4) is 0 Å². The summed E-state index contributed by atoms with van der Waals surface area (Å²) in [6.07, 6.45) is -1.20. The van der Waals surface area contributed by atoms with Crippen LogP contribution in [0.15, 0.2) is 73.3 Å². The molecule has 0 radical (unpaired) electrons. The Hall–Kier alpha value is -8.10. The number of aromatic amines is 2. The van der Waals surface area contributed by atoms with Gasteiger partial charge in [0, 0.05) is 66.7 Å². The Morgan fingerprint density at radius 3 is 1.66 bits per heavy atom. The van der Waals surface area contributed by atoms with E-state index in [-0.39, 0.29) is 43.1 Å². The Morgan fingerprint density at radius 2 is 1.08 bits per heavy atom. The zero-order valence-corrected chi connectivity index (χ0v) is 49.1. The third kappa shape index (κ3) is 22.8. The minimum Gasteiger partial charge on any atom is -0.481 e. The van der Waals surface area contributed by atoms with Crippen LogP contribution < -0.4 is 53.6 Å². The lowest BCUT2D eigenvalue weighted by Gasteiger charge is -2.28. The van der Waals surface area contributed by atoms with Crippen molar-refractivity contribution in [1.29, 1.82) is 0 Å². The summed E-state index contributed by atoms with van der Waals surface area (Å²) in [7, 11) is 1.84. The number of rotatable bonds is 12. The summed E-state index contributed by atoms with van der Waals surface area (Å²) in [5.41, 5.74) is 8.27. The monoisotopic (exact) mass is 1230 g/mol. The van der Waals surface area contributed by atoms with Crippen LogP contribution in [0.4, 0.5) is 0 Å².